The Hall–Kier alpha value is -3.24. The van der Waals surface area contributed by atoms with Crippen molar-refractivity contribution in [1.82, 2.24) is 10.3 Å². The van der Waals surface area contributed by atoms with E-state index in [9.17, 15) is 14.7 Å². The number of hydrogen-bond donors (Lipinski definition) is 3. The Morgan fingerprint density at radius 3 is 2.64 bits per heavy atom. The molecule has 0 saturated carbocycles. The number of benzene rings is 1. The van der Waals surface area contributed by atoms with Gasteiger partial charge in [-0.25, -0.2) is 4.98 Å². The van der Waals surface area contributed by atoms with Gasteiger partial charge in [0.05, 0.1) is 0 Å². The van der Waals surface area contributed by atoms with Crippen LogP contribution in [0.25, 0.3) is 0 Å². The Balaban J connectivity index is 1.95. The first kappa shape index (κ1) is 18.1. The van der Waals surface area contributed by atoms with Gasteiger partial charge in [-0.3, -0.25) is 9.59 Å². The van der Waals surface area contributed by atoms with Gasteiger partial charge in [0, 0.05) is 16.8 Å². The maximum Gasteiger partial charge on any atom is 0.322 e. The lowest BCUT2D eigenvalue weighted by atomic mass is 10.2. The largest absolute Gasteiger partial charge is 0.505 e. The summed E-state index contributed by atoms with van der Waals surface area (Å²) >= 11 is 5.77. The first-order chi connectivity index (χ1) is 12.0. The number of carboxylic acid groups (broad SMARTS) is 1. The summed E-state index contributed by atoms with van der Waals surface area (Å²) in [6.45, 7) is -0.452. The highest BCUT2D eigenvalue weighted by atomic mass is 35.5. The predicted molar refractivity (Wildman–Crippen MR) is 89.7 cm³/mol. The predicted octanol–water partition coefficient (Wildman–Crippen LogP) is 1.69. The van der Waals surface area contributed by atoms with Gasteiger partial charge in [-0.05, 0) is 30.3 Å². The third-order valence-corrected chi connectivity index (χ3v) is 3.09. The Morgan fingerprint density at radius 2 is 2.00 bits per heavy atom. The fourth-order valence-electron chi connectivity index (χ4n) is 1.72. The van der Waals surface area contributed by atoms with Gasteiger partial charge in [0.1, 0.15) is 24.7 Å². The fraction of sp³-hybridized carbons (Fsp3) is 0.118. The quantitative estimate of drug-likeness (QED) is 0.700. The monoisotopic (exact) mass is 360 g/mol. The van der Waals surface area contributed by atoms with E-state index in [1.165, 1.54) is 12.3 Å². The number of nitrogens with one attached hydrogen (secondary N) is 1. The molecule has 0 aliphatic carbocycles. The van der Waals surface area contributed by atoms with E-state index in [0.29, 0.717) is 16.3 Å². The van der Waals surface area contributed by atoms with Crippen molar-refractivity contribution < 1.29 is 24.5 Å². The van der Waals surface area contributed by atoms with Gasteiger partial charge in [0.25, 0.3) is 5.91 Å². The van der Waals surface area contributed by atoms with Crippen LogP contribution in [-0.4, -0.2) is 40.2 Å². The van der Waals surface area contributed by atoms with Crippen molar-refractivity contribution in [3.63, 3.8) is 0 Å². The number of hydrogen-bond acceptors (Lipinski definition) is 5. The van der Waals surface area contributed by atoms with Crippen LogP contribution < -0.4 is 10.1 Å². The molecule has 0 spiro atoms. The Kier molecular flexibility index (Phi) is 6.20. The van der Waals surface area contributed by atoms with E-state index >= 15 is 0 Å². The first-order valence-electron chi connectivity index (χ1n) is 7.02. The van der Waals surface area contributed by atoms with Crippen LogP contribution in [0.1, 0.15) is 16.1 Å². The molecule has 0 unspecified atom stereocenters. The Bertz CT molecular complexity index is 840. The topological polar surface area (TPSA) is 109 Å². The number of amides is 1. The number of carboxylic acids is 1. The Labute approximate surface area is 148 Å². The second kappa shape index (κ2) is 8.57. The standard InChI is InChI=1S/C17H13ClN2O5/c18-12-3-5-13(6-4-12)25-7-1-2-11-8-14(21)16(19-9-11)17(24)20-10-15(22)23/h3-6,8-9,21H,7,10H2,(H,20,24)(H,22,23). The van der Waals surface area contributed by atoms with Gasteiger partial charge in [0.15, 0.2) is 5.69 Å². The van der Waals surface area contributed by atoms with Gasteiger partial charge < -0.3 is 20.3 Å². The molecule has 2 rings (SSSR count). The van der Waals surface area contributed by atoms with Crippen molar-refractivity contribution in [2.75, 3.05) is 13.2 Å². The Morgan fingerprint density at radius 1 is 1.28 bits per heavy atom. The molecule has 1 heterocycles. The van der Waals surface area contributed by atoms with Gasteiger partial charge in [0.2, 0.25) is 0 Å². The van der Waals surface area contributed by atoms with Gasteiger partial charge in [-0.15, -0.1) is 0 Å². The average molecular weight is 361 g/mol. The molecule has 128 valence electrons. The summed E-state index contributed by atoms with van der Waals surface area (Å²) < 4.78 is 5.39. The second-order valence-electron chi connectivity index (χ2n) is 4.71. The minimum absolute atomic E-state index is 0.114. The number of halogens is 1. The van der Waals surface area contributed by atoms with Crippen LogP contribution in [0.2, 0.25) is 5.02 Å². The van der Waals surface area contributed by atoms with E-state index in [0.717, 1.165) is 0 Å². The molecule has 0 fully saturated rings. The minimum Gasteiger partial charge on any atom is -0.505 e. The molecular formula is C17H13ClN2O5. The van der Waals surface area contributed by atoms with Crippen molar-refractivity contribution in [3.05, 3.63) is 52.8 Å². The lowest BCUT2D eigenvalue weighted by Gasteiger charge is -2.04. The van der Waals surface area contributed by atoms with Crippen LogP contribution in [0.3, 0.4) is 0 Å². The molecule has 25 heavy (non-hydrogen) atoms. The molecule has 8 heteroatoms. The molecular weight excluding hydrogens is 348 g/mol. The molecule has 1 aromatic carbocycles. The SMILES string of the molecule is O=C(O)CNC(=O)c1ncc(C#CCOc2ccc(Cl)cc2)cc1O. The van der Waals surface area contributed by atoms with Crippen LogP contribution >= 0.6 is 11.6 Å². The number of carbonyl (C=O) groups excluding carboxylic acids is 1. The molecule has 7 nitrogen and oxygen atoms in total. The first-order valence-corrected chi connectivity index (χ1v) is 7.40. The highest BCUT2D eigenvalue weighted by Gasteiger charge is 2.13. The van der Waals surface area contributed by atoms with E-state index in [4.69, 9.17) is 21.4 Å². The van der Waals surface area contributed by atoms with Crippen LogP contribution in [0.15, 0.2) is 36.5 Å². The third-order valence-electron chi connectivity index (χ3n) is 2.84. The molecule has 0 bridgehead atoms. The molecule has 2 aromatic rings. The average Bonchev–Trinajstić information content (AvgIpc) is 2.58. The third kappa shape index (κ3) is 5.71. The summed E-state index contributed by atoms with van der Waals surface area (Å²) in [6.07, 6.45) is 1.30. The van der Waals surface area contributed by atoms with E-state index in [1.54, 1.807) is 24.3 Å². The smallest absolute Gasteiger partial charge is 0.322 e. The van der Waals surface area contributed by atoms with Crippen LogP contribution in [0, 0.1) is 11.8 Å². The van der Waals surface area contributed by atoms with Crippen LogP contribution in [0.5, 0.6) is 11.5 Å². The van der Waals surface area contributed by atoms with Gasteiger partial charge in [-0.2, -0.15) is 0 Å². The van der Waals surface area contributed by atoms with E-state index in [2.05, 4.69) is 22.1 Å². The van der Waals surface area contributed by atoms with Crippen molar-refractivity contribution in [2.45, 2.75) is 0 Å². The maximum absolute atomic E-state index is 11.7. The lowest BCUT2D eigenvalue weighted by molar-refractivity contribution is -0.135. The lowest BCUT2D eigenvalue weighted by Crippen LogP contribution is -2.29. The fourth-order valence-corrected chi connectivity index (χ4v) is 1.85. The van der Waals surface area contributed by atoms with Crippen molar-refractivity contribution >= 4 is 23.5 Å². The number of nitrogens with zero attached hydrogens (tertiary/aromatic N) is 1. The number of ether oxygens (including phenoxy) is 1. The van der Waals surface area contributed by atoms with E-state index in [1.807, 2.05) is 0 Å². The normalized spacial score (nSPS) is 9.64. The summed E-state index contributed by atoms with van der Waals surface area (Å²) in [7, 11) is 0. The summed E-state index contributed by atoms with van der Waals surface area (Å²) in [5.41, 5.74) is 0.108. The molecule has 1 aromatic heterocycles. The zero-order valence-electron chi connectivity index (χ0n) is 12.8. The minimum atomic E-state index is -1.20. The number of aromatic nitrogens is 1. The number of pyridine rings is 1. The van der Waals surface area contributed by atoms with E-state index in [-0.39, 0.29) is 12.3 Å². The highest BCUT2D eigenvalue weighted by molar-refractivity contribution is 6.30. The maximum atomic E-state index is 11.7. The van der Waals surface area contributed by atoms with Gasteiger partial charge >= 0.3 is 5.97 Å². The molecule has 0 atom stereocenters. The summed E-state index contributed by atoms with van der Waals surface area (Å²) in [6, 6.07) is 8.07. The van der Waals surface area contributed by atoms with Crippen molar-refractivity contribution in [2.24, 2.45) is 0 Å². The summed E-state index contributed by atoms with van der Waals surface area (Å²) in [4.78, 5) is 25.9. The molecule has 0 saturated heterocycles. The summed E-state index contributed by atoms with van der Waals surface area (Å²) in [5, 5.41) is 21.0. The number of rotatable bonds is 5. The van der Waals surface area contributed by atoms with Crippen molar-refractivity contribution in [3.8, 4) is 23.3 Å². The second-order valence-corrected chi connectivity index (χ2v) is 5.15. The summed E-state index contributed by atoms with van der Waals surface area (Å²) in [5.74, 6) is 3.72. The molecule has 0 aliphatic rings. The van der Waals surface area contributed by atoms with Crippen molar-refractivity contribution in [1.29, 1.82) is 0 Å². The molecule has 3 N–H and O–H groups in total. The number of carbonyl (C=O) groups is 2. The zero-order chi connectivity index (χ0) is 18.2. The van der Waals surface area contributed by atoms with Crippen LogP contribution in [-0.2, 0) is 4.79 Å². The molecule has 1 amide bonds. The number of aliphatic carboxylic acids is 1. The molecule has 0 aliphatic heterocycles. The highest BCUT2D eigenvalue weighted by Crippen LogP contribution is 2.16. The zero-order valence-corrected chi connectivity index (χ0v) is 13.6. The van der Waals surface area contributed by atoms with Gasteiger partial charge in [-0.1, -0.05) is 23.4 Å². The van der Waals surface area contributed by atoms with Crippen LogP contribution in [0.4, 0.5) is 0 Å². The molecule has 0 radical (unpaired) electrons. The van der Waals surface area contributed by atoms with E-state index < -0.39 is 24.2 Å². The number of aromatic hydroxyl groups is 1.